The quantitative estimate of drug-likeness (QED) is 0.833. The van der Waals surface area contributed by atoms with Gasteiger partial charge in [-0.2, -0.15) is 5.10 Å². The summed E-state index contributed by atoms with van der Waals surface area (Å²) in [4.78, 5) is 5.08. The largest absolute Gasteiger partial charge is 0.369 e. The number of hydrogen-bond donors (Lipinski definition) is 1. The Bertz CT molecular complexity index is 555. The molecule has 2 aromatic rings. The number of benzene rings is 1. The lowest BCUT2D eigenvalue weighted by molar-refractivity contribution is 0.253. The Morgan fingerprint density at radius 1 is 1.05 bits per heavy atom. The third kappa shape index (κ3) is 4.10. The summed E-state index contributed by atoms with van der Waals surface area (Å²) in [5, 5.41) is 7.31. The van der Waals surface area contributed by atoms with Gasteiger partial charge in [0.2, 0.25) is 0 Å². The van der Waals surface area contributed by atoms with Crippen molar-refractivity contribution in [1.29, 1.82) is 0 Å². The zero-order valence-corrected chi connectivity index (χ0v) is 13.5. The Labute approximate surface area is 133 Å². The molecule has 1 N–H and O–H groups in total. The standard InChI is InChI=1S/C18H26N4/c1-16-15-17(20-19-16)7-5-6-10-21-11-13-22(14-12-21)18-8-3-2-4-9-18/h2-4,8-9,15H,5-7,10-14H2,1H3,(H,19,20). The fraction of sp³-hybridized carbons (Fsp3) is 0.500. The molecule has 0 bridgehead atoms. The van der Waals surface area contributed by atoms with Gasteiger partial charge in [-0.15, -0.1) is 0 Å². The van der Waals surface area contributed by atoms with Crippen LogP contribution in [0.4, 0.5) is 5.69 Å². The maximum absolute atomic E-state index is 4.30. The lowest BCUT2D eigenvalue weighted by Crippen LogP contribution is -2.46. The second-order valence-electron chi connectivity index (χ2n) is 6.16. The van der Waals surface area contributed by atoms with Gasteiger partial charge in [-0.1, -0.05) is 18.2 Å². The van der Waals surface area contributed by atoms with Gasteiger partial charge in [0.25, 0.3) is 0 Å². The number of H-pyrrole nitrogens is 1. The minimum atomic E-state index is 1.09. The van der Waals surface area contributed by atoms with E-state index in [1.807, 2.05) is 0 Å². The Kier molecular flexibility index (Phi) is 5.11. The predicted molar refractivity (Wildman–Crippen MR) is 91.4 cm³/mol. The number of para-hydroxylation sites is 1. The molecule has 22 heavy (non-hydrogen) atoms. The van der Waals surface area contributed by atoms with Crippen LogP contribution in [0.2, 0.25) is 0 Å². The van der Waals surface area contributed by atoms with Gasteiger partial charge in [0.05, 0.1) is 5.69 Å². The summed E-state index contributed by atoms with van der Waals surface area (Å²) in [6.45, 7) is 7.91. The van der Waals surface area contributed by atoms with Crippen molar-refractivity contribution in [3.63, 3.8) is 0 Å². The van der Waals surface area contributed by atoms with Crippen LogP contribution in [-0.2, 0) is 6.42 Å². The highest BCUT2D eigenvalue weighted by Gasteiger charge is 2.16. The minimum Gasteiger partial charge on any atom is -0.369 e. The van der Waals surface area contributed by atoms with Crippen LogP contribution in [0.5, 0.6) is 0 Å². The molecule has 1 aromatic heterocycles. The molecule has 1 aromatic carbocycles. The van der Waals surface area contributed by atoms with Crippen molar-refractivity contribution in [1.82, 2.24) is 15.1 Å². The van der Waals surface area contributed by atoms with Crippen molar-refractivity contribution in [3.05, 3.63) is 47.8 Å². The smallest absolute Gasteiger partial charge is 0.0624 e. The van der Waals surface area contributed by atoms with E-state index in [4.69, 9.17) is 0 Å². The van der Waals surface area contributed by atoms with E-state index in [1.54, 1.807) is 0 Å². The molecule has 0 radical (unpaired) electrons. The first-order chi connectivity index (χ1) is 10.8. The number of anilines is 1. The molecule has 118 valence electrons. The number of rotatable bonds is 6. The summed E-state index contributed by atoms with van der Waals surface area (Å²) in [5.74, 6) is 0. The molecule has 4 heteroatoms. The Morgan fingerprint density at radius 2 is 1.82 bits per heavy atom. The SMILES string of the molecule is Cc1cc(CCCCN2CCN(c3ccccc3)CC2)n[nH]1. The highest BCUT2D eigenvalue weighted by Crippen LogP contribution is 2.15. The van der Waals surface area contributed by atoms with Crippen molar-refractivity contribution in [2.45, 2.75) is 26.2 Å². The van der Waals surface area contributed by atoms with Crippen LogP contribution < -0.4 is 4.90 Å². The van der Waals surface area contributed by atoms with E-state index in [2.05, 4.69) is 63.3 Å². The zero-order chi connectivity index (χ0) is 15.2. The van der Waals surface area contributed by atoms with Crippen LogP contribution >= 0.6 is 0 Å². The summed E-state index contributed by atoms with van der Waals surface area (Å²) in [5.41, 5.74) is 3.72. The van der Waals surface area contributed by atoms with Crippen LogP contribution in [0.1, 0.15) is 24.2 Å². The molecule has 0 amide bonds. The van der Waals surface area contributed by atoms with E-state index in [0.29, 0.717) is 0 Å². The Balaban J connectivity index is 1.34. The molecule has 1 fully saturated rings. The van der Waals surface area contributed by atoms with Crippen molar-refractivity contribution in [3.8, 4) is 0 Å². The normalized spacial score (nSPS) is 16.1. The lowest BCUT2D eigenvalue weighted by Gasteiger charge is -2.36. The van der Waals surface area contributed by atoms with E-state index in [-0.39, 0.29) is 0 Å². The van der Waals surface area contributed by atoms with Gasteiger partial charge in [0.1, 0.15) is 0 Å². The summed E-state index contributed by atoms with van der Waals surface area (Å²) >= 11 is 0. The number of nitrogens with one attached hydrogen (secondary N) is 1. The molecular weight excluding hydrogens is 272 g/mol. The molecule has 2 heterocycles. The highest BCUT2D eigenvalue weighted by molar-refractivity contribution is 5.46. The maximum Gasteiger partial charge on any atom is 0.0624 e. The molecule has 1 saturated heterocycles. The fourth-order valence-electron chi connectivity index (χ4n) is 3.11. The second kappa shape index (κ2) is 7.45. The number of aromatic nitrogens is 2. The number of piperazine rings is 1. The molecule has 0 unspecified atom stereocenters. The highest BCUT2D eigenvalue weighted by atomic mass is 15.3. The van der Waals surface area contributed by atoms with E-state index in [1.165, 1.54) is 43.9 Å². The molecule has 0 spiro atoms. The molecule has 3 rings (SSSR count). The van der Waals surface area contributed by atoms with Crippen molar-refractivity contribution in [2.75, 3.05) is 37.6 Å². The zero-order valence-electron chi connectivity index (χ0n) is 13.5. The Hall–Kier alpha value is -1.81. The van der Waals surface area contributed by atoms with E-state index in [0.717, 1.165) is 25.2 Å². The number of aromatic amines is 1. The third-order valence-electron chi connectivity index (χ3n) is 4.41. The maximum atomic E-state index is 4.30. The summed E-state index contributed by atoms with van der Waals surface area (Å²) in [6.07, 6.45) is 3.58. The third-order valence-corrected chi connectivity index (χ3v) is 4.41. The van der Waals surface area contributed by atoms with Crippen molar-refractivity contribution in [2.24, 2.45) is 0 Å². The van der Waals surface area contributed by atoms with Gasteiger partial charge in [-0.05, 0) is 50.9 Å². The average Bonchev–Trinajstić information content (AvgIpc) is 2.98. The van der Waals surface area contributed by atoms with Crippen LogP contribution in [0.3, 0.4) is 0 Å². The van der Waals surface area contributed by atoms with Crippen LogP contribution in [-0.4, -0.2) is 47.8 Å². The first kappa shape index (κ1) is 15.1. The molecule has 4 nitrogen and oxygen atoms in total. The van der Waals surface area contributed by atoms with E-state index < -0.39 is 0 Å². The topological polar surface area (TPSA) is 35.2 Å². The molecule has 1 aliphatic rings. The van der Waals surface area contributed by atoms with Gasteiger partial charge in [-0.3, -0.25) is 10.00 Å². The van der Waals surface area contributed by atoms with Crippen molar-refractivity contribution < 1.29 is 0 Å². The number of unbranched alkanes of at least 4 members (excludes halogenated alkanes) is 1. The van der Waals surface area contributed by atoms with Crippen LogP contribution in [0.15, 0.2) is 36.4 Å². The van der Waals surface area contributed by atoms with E-state index >= 15 is 0 Å². The lowest BCUT2D eigenvalue weighted by atomic mass is 10.1. The first-order valence-electron chi connectivity index (χ1n) is 8.34. The monoisotopic (exact) mass is 298 g/mol. The van der Waals surface area contributed by atoms with Gasteiger partial charge < -0.3 is 4.90 Å². The fourth-order valence-corrected chi connectivity index (χ4v) is 3.11. The Morgan fingerprint density at radius 3 is 2.50 bits per heavy atom. The second-order valence-corrected chi connectivity index (χ2v) is 6.16. The summed E-state index contributed by atoms with van der Waals surface area (Å²) in [7, 11) is 0. The summed E-state index contributed by atoms with van der Waals surface area (Å²) in [6, 6.07) is 12.9. The summed E-state index contributed by atoms with van der Waals surface area (Å²) < 4.78 is 0. The molecule has 0 saturated carbocycles. The van der Waals surface area contributed by atoms with Crippen LogP contribution in [0.25, 0.3) is 0 Å². The molecule has 0 atom stereocenters. The van der Waals surface area contributed by atoms with Gasteiger partial charge in [0.15, 0.2) is 0 Å². The number of hydrogen-bond acceptors (Lipinski definition) is 3. The molecular formula is C18H26N4. The number of nitrogens with zero attached hydrogens (tertiary/aromatic N) is 3. The first-order valence-corrected chi connectivity index (χ1v) is 8.34. The number of aryl methyl sites for hydroxylation is 2. The minimum absolute atomic E-state index is 1.09. The van der Waals surface area contributed by atoms with Gasteiger partial charge in [0, 0.05) is 37.6 Å². The predicted octanol–water partition coefficient (Wildman–Crippen LogP) is 2.86. The average molecular weight is 298 g/mol. The van der Waals surface area contributed by atoms with Crippen molar-refractivity contribution >= 4 is 5.69 Å². The molecule has 1 aliphatic heterocycles. The van der Waals surface area contributed by atoms with Gasteiger partial charge in [-0.25, -0.2) is 0 Å². The molecule has 0 aliphatic carbocycles. The van der Waals surface area contributed by atoms with Crippen LogP contribution in [0, 0.1) is 6.92 Å². The van der Waals surface area contributed by atoms with E-state index in [9.17, 15) is 0 Å². The van der Waals surface area contributed by atoms with Gasteiger partial charge >= 0.3 is 0 Å².